The number of unbranched alkanes of at least 4 members (excludes halogenated alkanes) is 2. The molecule has 12 amide bonds. The topological polar surface area (TPSA) is 816 Å². The molecule has 0 radical (unpaired) electrons. The SMILES string of the molecule is CSC[C@H](NC(=O)[C@H](CCCN=C(N)N)NC(=O)[C@H](CCCN=C(N)N)NC(=O)[C@H](CCCN=C(N)N)NC(=O)[C@H](CCC(N)=O)NC(=O)[C@H](CCCN=C(N)N)NC(=O)[C@H](CCCN=C(N)N)NC(=O)[C@H](CCCCN)NC(=O)[C@H](CCCCN)NC(=O)[C@H](CCCN=C(N)N)NC(C)=O)C(N)=O. The first-order valence-corrected chi connectivity index (χ1v) is 35.3. The Labute approximate surface area is 608 Å². The number of nitrogens with zero attached hydrogens (tertiary/aromatic N) is 6. The van der Waals surface area contributed by atoms with E-state index in [0.717, 1.165) is 0 Å². The summed E-state index contributed by atoms with van der Waals surface area (Å²) >= 11 is 1.21. The van der Waals surface area contributed by atoms with E-state index in [0.29, 0.717) is 19.3 Å². The summed E-state index contributed by atoms with van der Waals surface area (Å²) in [6, 6.07) is -14.3. The molecule has 0 spiro atoms. The molecule has 0 fully saturated rings. The maximum absolute atomic E-state index is 14.8. The number of guanidine groups is 6. The summed E-state index contributed by atoms with van der Waals surface area (Å²) in [6.07, 6.45) is 1.63. The van der Waals surface area contributed by atoms with Gasteiger partial charge in [-0.3, -0.25) is 87.5 Å². The number of carbonyl (C=O) groups excluding carboxylic acids is 12. The van der Waals surface area contributed by atoms with Gasteiger partial charge in [-0.05, 0) is 141 Å². The lowest BCUT2D eigenvalue weighted by molar-refractivity contribution is -0.136. The number of carbonyl (C=O) groups is 12. The van der Waals surface area contributed by atoms with Crippen LogP contribution in [0.5, 0.6) is 0 Å². The van der Waals surface area contributed by atoms with Crippen LogP contribution in [0.4, 0.5) is 0 Å². The molecule has 10 atom stereocenters. The third-order valence-corrected chi connectivity index (χ3v) is 15.7. The number of thioether (sulfide) groups is 1. The van der Waals surface area contributed by atoms with Crippen LogP contribution in [0.2, 0.25) is 0 Å². The molecule has 0 unspecified atom stereocenters. The highest BCUT2D eigenvalue weighted by Gasteiger charge is 2.36. The average Bonchev–Trinajstić information content (AvgIpc) is 0.861. The zero-order valence-corrected chi connectivity index (χ0v) is 60.3. The molecule has 0 saturated heterocycles. The molecule has 0 bridgehead atoms. The van der Waals surface area contributed by atoms with Crippen LogP contribution in [-0.4, -0.2) is 231 Å². The van der Waals surface area contributed by atoms with Crippen molar-refractivity contribution in [3.8, 4) is 0 Å². The van der Waals surface area contributed by atoms with E-state index < -0.39 is 144 Å². The van der Waals surface area contributed by atoms with Gasteiger partial charge in [0.05, 0.1) is 0 Å². The molecule has 0 aromatic rings. The van der Waals surface area contributed by atoms with Gasteiger partial charge in [0, 0.05) is 58.4 Å². The summed E-state index contributed by atoms with van der Waals surface area (Å²) in [4.78, 5) is 190. The lowest BCUT2D eigenvalue weighted by atomic mass is 10.0. The fraction of sp³-hybridized carbons (Fsp3) is 0.695. The molecule has 42 N–H and O–H groups in total. The highest BCUT2D eigenvalue weighted by molar-refractivity contribution is 7.98. The van der Waals surface area contributed by atoms with Gasteiger partial charge < -0.3 is 145 Å². The van der Waals surface area contributed by atoms with Gasteiger partial charge >= 0.3 is 0 Å². The van der Waals surface area contributed by atoms with Crippen LogP contribution in [0.1, 0.15) is 135 Å². The molecule has 0 aliphatic rings. The van der Waals surface area contributed by atoms with Crippen molar-refractivity contribution in [1.82, 2.24) is 53.2 Å². The van der Waals surface area contributed by atoms with Crippen LogP contribution >= 0.6 is 11.8 Å². The minimum Gasteiger partial charge on any atom is -0.370 e. The van der Waals surface area contributed by atoms with Crippen LogP contribution < -0.4 is 145 Å². The second-order valence-electron chi connectivity index (χ2n) is 23.9. The van der Waals surface area contributed by atoms with Crippen LogP contribution in [0, 0.1) is 0 Å². The molecule has 590 valence electrons. The Bertz CT molecular complexity index is 2920. The molecule has 44 nitrogen and oxygen atoms in total. The standard InChI is InChI=1S/C59H116N32O12S/c1-32(92)82-33(15-7-25-76-54(64)65)45(95)83-34(13-3-5-23-60)46(96)84-35(14-4-6-24-61)47(97)85-36(16-8-26-77-55(66)67)48(98)87-39(19-11-29-80-58(72)73)51(101)90-41(21-22-43(62)93)53(103)89-38(18-10-28-79-57(70)71)50(100)86-37(17-9-27-78-56(68)69)49(99)88-40(20-12-30-81-59(74)75)52(102)91-42(31-104-2)44(63)94/h33-42H,3-31,60-61H2,1-2H3,(H2,62,93)(H2,63,94)(H,82,92)(H,83,95)(H,84,96)(H,85,97)(H,86,100)(H,87,98)(H,88,99)(H,89,103)(H,90,101)(H,91,102)(H4,64,65,76)(H4,66,67,77)(H4,68,69,78)(H4,70,71,79)(H4,72,73,80)(H4,74,75,81)/t33-,34-,35-,36-,37-,38-,39-,40-,41-,42-/m0/s1. The van der Waals surface area contributed by atoms with Gasteiger partial charge in [0.15, 0.2) is 35.8 Å². The van der Waals surface area contributed by atoms with Gasteiger partial charge in [-0.1, -0.05) is 0 Å². The smallest absolute Gasteiger partial charge is 0.243 e. The molecule has 0 aromatic carbocycles. The zero-order valence-electron chi connectivity index (χ0n) is 59.5. The average molecular weight is 1500 g/mol. The highest BCUT2D eigenvalue weighted by atomic mass is 32.2. The van der Waals surface area contributed by atoms with Crippen LogP contribution in [-0.2, 0) is 57.5 Å². The first-order chi connectivity index (χ1) is 49.1. The normalized spacial score (nSPS) is 13.6. The largest absolute Gasteiger partial charge is 0.370 e. The molecule has 104 heavy (non-hydrogen) atoms. The monoisotopic (exact) mass is 1500 g/mol. The molecule has 0 saturated carbocycles. The molecule has 0 aromatic heterocycles. The number of amides is 12. The third-order valence-electron chi connectivity index (χ3n) is 15.0. The Morgan fingerprint density at radius 3 is 0.644 bits per heavy atom. The molecular weight excluding hydrogens is 1380 g/mol. The van der Waals surface area contributed by atoms with Crippen LogP contribution in [0.25, 0.3) is 0 Å². The fourth-order valence-corrected chi connectivity index (χ4v) is 10.4. The maximum Gasteiger partial charge on any atom is 0.243 e. The molecule has 45 heteroatoms. The number of primary amides is 2. The number of hydrogen-bond acceptors (Lipinski definition) is 21. The first kappa shape index (κ1) is 93.5. The summed E-state index contributed by atoms with van der Waals surface area (Å²) in [6.45, 7) is 1.51. The molecular formula is C59H116N32O12S. The number of hydrogen-bond donors (Lipinski definition) is 26. The number of aliphatic imine (C=N–C) groups is 6. The first-order valence-electron chi connectivity index (χ1n) is 34.0. The Kier molecular flexibility index (Phi) is 48.8. The lowest BCUT2D eigenvalue weighted by Gasteiger charge is -2.28. The van der Waals surface area contributed by atoms with Gasteiger partial charge in [0.25, 0.3) is 0 Å². The second kappa shape index (κ2) is 54.3. The number of nitrogens with one attached hydrogen (secondary N) is 10. The Morgan fingerprint density at radius 2 is 0.471 bits per heavy atom. The van der Waals surface area contributed by atoms with E-state index in [2.05, 4.69) is 83.1 Å². The van der Waals surface area contributed by atoms with Gasteiger partial charge in [-0.15, -0.1) is 0 Å². The third kappa shape index (κ3) is 44.7. The Morgan fingerprint density at radius 1 is 0.279 bits per heavy atom. The molecule has 0 aliphatic heterocycles. The van der Waals surface area contributed by atoms with E-state index in [-0.39, 0.29) is 190 Å². The summed E-state index contributed by atoms with van der Waals surface area (Å²) in [7, 11) is 0. The lowest BCUT2D eigenvalue weighted by Crippen LogP contribution is -2.60. The summed E-state index contributed by atoms with van der Waals surface area (Å²) in [5.41, 5.74) is 89.3. The van der Waals surface area contributed by atoms with Crippen LogP contribution in [0.15, 0.2) is 30.0 Å². The number of nitrogens with two attached hydrogens (primary N) is 16. The predicted octanol–water partition coefficient (Wildman–Crippen LogP) is -11.5. The van der Waals surface area contributed by atoms with Crippen molar-refractivity contribution < 1.29 is 57.5 Å². The van der Waals surface area contributed by atoms with Crippen molar-refractivity contribution in [3.05, 3.63) is 0 Å². The predicted molar refractivity (Wildman–Crippen MR) is 396 cm³/mol. The van der Waals surface area contributed by atoms with E-state index >= 15 is 0 Å². The maximum atomic E-state index is 14.8. The van der Waals surface area contributed by atoms with Crippen LogP contribution in [0.3, 0.4) is 0 Å². The quantitative estimate of drug-likeness (QED) is 0.0153. The van der Waals surface area contributed by atoms with Gasteiger partial charge in [-0.2, -0.15) is 11.8 Å². The Hall–Kier alpha value is -10.5. The van der Waals surface area contributed by atoms with Crippen molar-refractivity contribution in [1.29, 1.82) is 0 Å². The Balaban J connectivity index is 7.75. The zero-order chi connectivity index (χ0) is 78.7. The van der Waals surface area contributed by atoms with E-state index in [1.165, 1.54) is 18.7 Å². The summed E-state index contributed by atoms with van der Waals surface area (Å²) in [5, 5.41) is 26.1. The van der Waals surface area contributed by atoms with Crippen molar-refractivity contribution in [2.24, 2.45) is 122 Å². The van der Waals surface area contributed by atoms with Crippen molar-refractivity contribution in [3.63, 3.8) is 0 Å². The molecule has 0 heterocycles. The number of rotatable bonds is 57. The molecule has 0 aliphatic carbocycles. The van der Waals surface area contributed by atoms with E-state index in [9.17, 15) is 57.5 Å². The van der Waals surface area contributed by atoms with Crippen molar-refractivity contribution in [2.45, 2.75) is 196 Å². The van der Waals surface area contributed by atoms with Gasteiger partial charge in [-0.25, -0.2) is 0 Å². The summed E-state index contributed by atoms with van der Waals surface area (Å²) in [5.74, 6) is -12.2. The van der Waals surface area contributed by atoms with E-state index in [1.54, 1.807) is 6.26 Å². The van der Waals surface area contributed by atoms with Gasteiger partial charge in [0.2, 0.25) is 70.9 Å². The van der Waals surface area contributed by atoms with E-state index in [1.807, 2.05) is 0 Å². The van der Waals surface area contributed by atoms with Crippen molar-refractivity contribution >= 4 is 118 Å². The minimum absolute atomic E-state index is 0.000694. The van der Waals surface area contributed by atoms with Crippen molar-refractivity contribution in [2.75, 3.05) is 64.4 Å². The summed E-state index contributed by atoms with van der Waals surface area (Å²) < 4.78 is 0. The minimum atomic E-state index is -1.73. The van der Waals surface area contributed by atoms with Gasteiger partial charge in [0.1, 0.15) is 60.4 Å². The second-order valence-corrected chi connectivity index (χ2v) is 24.8. The highest BCUT2D eigenvalue weighted by Crippen LogP contribution is 2.13. The fourth-order valence-electron chi connectivity index (χ4n) is 9.77. The molecule has 0 rings (SSSR count). The van der Waals surface area contributed by atoms with E-state index in [4.69, 9.17) is 91.7 Å².